The van der Waals surface area contributed by atoms with E-state index in [4.69, 9.17) is 0 Å². The van der Waals surface area contributed by atoms with Crippen molar-refractivity contribution < 1.29 is 4.79 Å². The minimum absolute atomic E-state index is 0.255. The Balaban J connectivity index is 0. The van der Waals surface area contributed by atoms with Crippen molar-refractivity contribution in [2.24, 2.45) is 5.92 Å². The van der Waals surface area contributed by atoms with Crippen molar-refractivity contribution in [2.45, 2.75) is 20.3 Å². The fraction of sp³-hybridized carbons (Fsp3) is 0.571. The van der Waals surface area contributed by atoms with E-state index in [1.165, 1.54) is 0 Å². The van der Waals surface area contributed by atoms with Crippen LogP contribution in [0.15, 0.2) is 13.2 Å². The van der Waals surface area contributed by atoms with Gasteiger partial charge in [-0.25, -0.2) is 0 Å². The second kappa shape index (κ2) is 9.65. The van der Waals surface area contributed by atoms with E-state index in [-0.39, 0.29) is 5.92 Å². The lowest BCUT2D eigenvalue weighted by Crippen LogP contribution is -1.89. The molecule has 1 heteroatoms. The SMILES string of the molecule is C=C.CCC(C)C=O. The van der Waals surface area contributed by atoms with Gasteiger partial charge in [-0.1, -0.05) is 13.8 Å². The number of hydrogen-bond acceptors (Lipinski definition) is 1. The van der Waals surface area contributed by atoms with Gasteiger partial charge in [0.05, 0.1) is 0 Å². The molecule has 48 valence electrons. The zero-order valence-electron chi connectivity index (χ0n) is 5.68. The average molecular weight is 114 g/mol. The van der Waals surface area contributed by atoms with Gasteiger partial charge < -0.3 is 4.79 Å². The highest BCUT2D eigenvalue weighted by molar-refractivity contribution is 5.52. The summed E-state index contributed by atoms with van der Waals surface area (Å²) >= 11 is 0. The van der Waals surface area contributed by atoms with Gasteiger partial charge in [-0.05, 0) is 6.42 Å². The van der Waals surface area contributed by atoms with Gasteiger partial charge >= 0.3 is 0 Å². The van der Waals surface area contributed by atoms with Crippen LogP contribution in [0.4, 0.5) is 0 Å². The van der Waals surface area contributed by atoms with Crippen molar-refractivity contribution >= 4 is 6.29 Å². The zero-order chi connectivity index (χ0) is 6.99. The lowest BCUT2D eigenvalue weighted by atomic mass is 10.2. The third-order valence-electron chi connectivity index (χ3n) is 0.876. The Hall–Kier alpha value is -0.590. The molecule has 1 unspecified atom stereocenters. The van der Waals surface area contributed by atoms with Gasteiger partial charge in [0.15, 0.2) is 0 Å². The third-order valence-corrected chi connectivity index (χ3v) is 0.876. The zero-order valence-corrected chi connectivity index (χ0v) is 5.68. The Kier molecular flexibility index (Phi) is 12.5. The minimum atomic E-state index is 0.255. The average Bonchev–Trinajstić information content (AvgIpc) is 1.91. The van der Waals surface area contributed by atoms with Crippen LogP contribution in [0.5, 0.6) is 0 Å². The van der Waals surface area contributed by atoms with Gasteiger partial charge in [0.25, 0.3) is 0 Å². The first-order valence-corrected chi connectivity index (χ1v) is 2.76. The second-order valence-corrected chi connectivity index (χ2v) is 1.52. The van der Waals surface area contributed by atoms with Crippen LogP contribution < -0.4 is 0 Å². The summed E-state index contributed by atoms with van der Waals surface area (Å²) in [6.45, 7) is 9.91. The molecule has 0 fully saturated rings. The van der Waals surface area contributed by atoms with Gasteiger partial charge in [-0.2, -0.15) is 0 Å². The molecule has 0 radical (unpaired) electrons. The molecule has 0 spiro atoms. The molecule has 0 N–H and O–H groups in total. The van der Waals surface area contributed by atoms with E-state index < -0.39 is 0 Å². The molecule has 0 saturated heterocycles. The van der Waals surface area contributed by atoms with Gasteiger partial charge in [-0.3, -0.25) is 0 Å². The van der Waals surface area contributed by atoms with Gasteiger partial charge in [-0.15, -0.1) is 13.2 Å². The molecule has 0 rings (SSSR count). The topological polar surface area (TPSA) is 17.1 Å². The van der Waals surface area contributed by atoms with E-state index >= 15 is 0 Å². The van der Waals surface area contributed by atoms with Crippen LogP contribution in [0.2, 0.25) is 0 Å². The Labute approximate surface area is 51.4 Å². The van der Waals surface area contributed by atoms with Crippen LogP contribution in [0.25, 0.3) is 0 Å². The predicted octanol–water partition coefficient (Wildman–Crippen LogP) is 2.03. The monoisotopic (exact) mass is 114 g/mol. The molecule has 0 aromatic heterocycles. The van der Waals surface area contributed by atoms with Crippen molar-refractivity contribution in [3.8, 4) is 0 Å². The van der Waals surface area contributed by atoms with E-state index in [0.717, 1.165) is 12.7 Å². The molecular weight excluding hydrogens is 100 g/mol. The van der Waals surface area contributed by atoms with Crippen LogP contribution in [0.3, 0.4) is 0 Å². The highest BCUT2D eigenvalue weighted by Crippen LogP contribution is 1.91. The summed E-state index contributed by atoms with van der Waals surface area (Å²) in [4.78, 5) is 9.74. The first-order valence-electron chi connectivity index (χ1n) is 2.76. The summed E-state index contributed by atoms with van der Waals surface area (Å²) < 4.78 is 0. The molecule has 1 nitrogen and oxygen atoms in total. The van der Waals surface area contributed by atoms with Crippen LogP contribution in [0, 0.1) is 5.92 Å². The first kappa shape index (κ1) is 10.4. The van der Waals surface area contributed by atoms with E-state index in [2.05, 4.69) is 13.2 Å². The van der Waals surface area contributed by atoms with Crippen LogP contribution >= 0.6 is 0 Å². The number of carbonyl (C=O) groups excluding carboxylic acids is 1. The molecule has 0 aliphatic heterocycles. The van der Waals surface area contributed by atoms with E-state index in [0.29, 0.717) is 0 Å². The molecule has 0 saturated carbocycles. The summed E-state index contributed by atoms with van der Waals surface area (Å²) in [6, 6.07) is 0. The maximum atomic E-state index is 9.74. The molecule has 0 amide bonds. The van der Waals surface area contributed by atoms with Crippen molar-refractivity contribution in [3.63, 3.8) is 0 Å². The number of hydrogen-bond donors (Lipinski definition) is 0. The minimum Gasteiger partial charge on any atom is -0.303 e. The summed E-state index contributed by atoms with van der Waals surface area (Å²) in [7, 11) is 0. The van der Waals surface area contributed by atoms with Crippen LogP contribution in [0.1, 0.15) is 20.3 Å². The van der Waals surface area contributed by atoms with Crippen LogP contribution in [-0.2, 0) is 4.79 Å². The summed E-state index contributed by atoms with van der Waals surface area (Å²) in [5, 5.41) is 0. The maximum Gasteiger partial charge on any atom is 0.122 e. The van der Waals surface area contributed by atoms with E-state index in [9.17, 15) is 4.79 Å². The van der Waals surface area contributed by atoms with Gasteiger partial charge in [0.2, 0.25) is 0 Å². The molecule has 1 atom stereocenters. The third kappa shape index (κ3) is 9.05. The van der Waals surface area contributed by atoms with Crippen molar-refractivity contribution in [3.05, 3.63) is 13.2 Å². The smallest absolute Gasteiger partial charge is 0.122 e. The van der Waals surface area contributed by atoms with Gasteiger partial charge in [0.1, 0.15) is 6.29 Å². The Bertz CT molecular complexity index is 50.3. The van der Waals surface area contributed by atoms with Gasteiger partial charge in [0, 0.05) is 5.92 Å². The summed E-state index contributed by atoms with van der Waals surface area (Å²) in [6.07, 6.45) is 1.93. The number of aldehydes is 1. The van der Waals surface area contributed by atoms with Crippen molar-refractivity contribution in [1.82, 2.24) is 0 Å². The highest BCUT2D eigenvalue weighted by atomic mass is 16.1. The lowest BCUT2D eigenvalue weighted by Gasteiger charge is -1.89. The Morgan fingerprint density at radius 2 is 2.00 bits per heavy atom. The lowest BCUT2D eigenvalue weighted by molar-refractivity contribution is -0.110. The quantitative estimate of drug-likeness (QED) is 0.396. The molecular formula is C7H14O. The molecule has 0 aliphatic rings. The molecule has 0 aliphatic carbocycles. The summed E-state index contributed by atoms with van der Waals surface area (Å²) in [5.41, 5.74) is 0. The molecule has 8 heavy (non-hydrogen) atoms. The maximum absolute atomic E-state index is 9.74. The fourth-order valence-corrected chi connectivity index (χ4v) is 0.0962. The summed E-state index contributed by atoms with van der Waals surface area (Å²) in [5.74, 6) is 0.255. The molecule has 0 aromatic rings. The van der Waals surface area contributed by atoms with E-state index in [1.54, 1.807) is 0 Å². The molecule has 0 bridgehead atoms. The Morgan fingerprint density at radius 1 is 1.62 bits per heavy atom. The number of carbonyl (C=O) groups is 1. The highest BCUT2D eigenvalue weighted by Gasteiger charge is 1.89. The second-order valence-electron chi connectivity index (χ2n) is 1.52. The van der Waals surface area contributed by atoms with Crippen molar-refractivity contribution in [2.75, 3.05) is 0 Å². The van der Waals surface area contributed by atoms with E-state index in [1.807, 2.05) is 13.8 Å². The largest absolute Gasteiger partial charge is 0.303 e. The van der Waals surface area contributed by atoms with Crippen molar-refractivity contribution in [1.29, 1.82) is 0 Å². The molecule has 0 aromatic carbocycles. The fourth-order valence-electron chi connectivity index (χ4n) is 0.0962. The Morgan fingerprint density at radius 3 is 2.00 bits per heavy atom. The number of rotatable bonds is 2. The first-order chi connectivity index (χ1) is 3.81. The normalized spacial score (nSPS) is 10.8. The van der Waals surface area contributed by atoms with Crippen LogP contribution in [-0.4, -0.2) is 6.29 Å². The standard InChI is InChI=1S/C5H10O.C2H4/c1-3-5(2)4-6;1-2/h4-5H,3H2,1-2H3;1-2H2. The molecule has 0 heterocycles. The predicted molar refractivity (Wildman–Crippen MR) is 36.8 cm³/mol.